The summed E-state index contributed by atoms with van der Waals surface area (Å²) in [4.78, 5) is 11.0. The van der Waals surface area contributed by atoms with Gasteiger partial charge in [0.1, 0.15) is 0 Å². The second-order valence-corrected chi connectivity index (χ2v) is 3.52. The molecule has 15 heavy (non-hydrogen) atoms. The predicted octanol–water partition coefficient (Wildman–Crippen LogP) is 2.07. The molecule has 2 atom stereocenters. The lowest BCUT2D eigenvalue weighted by atomic mass is 10.1. The van der Waals surface area contributed by atoms with Crippen LogP contribution in [-0.2, 0) is 9.53 Å². The van der Waals surface area contributed by atoms with Gasteiger partial charge < -0.3 is 10.5 Å². The summed E-state index contributed by atoms with van der Waals surface area (Å²) in [5.74, 6) is -0.897. The highest BCUT2D eigenvalue weighted by atomic mass is 35.5. The lowest BCUT2D eigenvalue weighted by Gasteiger charge is -2.13. The molecule has 1 heterocycles. The first-order valence-corrected chi connectivity index (χ1v) is 5.19. The van der Waals surface area contributed by atoms with Crippen LogP contribution in [0.5, 0.6) is 0 Å². The summed E-state index contributed by atoms with van der Waals surface area (Å²) in [6.45, 7) is 1.79. The Morgan fingerprint density at radius 1 is 1.73 bits per heavy atom. The lowest BCUT2D eigenvalue weighted by Crippen LogP contribution is -2.31. The van der Waals surface area contributed by atoms with E-state index in [4.69, 9.17) is 5.73 Å². The standard InChI is InChI=1S/C9H12FNO2S.ClH/c1-2-13-9(12)7(10)8(11)6-3-4-14-5-6;/h3-5,7-8H,2,11H2,1H3;1H/t7?,8-;/m0./s1. The first-order chi connectivity index (χ1) is 6.66. The fraction of sp³-hybridized carbons (Fsp3) is 0.444. The number of hydrogen-bond donors (Lipinski definition) is 1. The van der Waals surface area contributed by atoms with Crippen LogP contribution in [0.25, 0.3) is 0 Å². The second-order valence-electron chi connectivity index (χ2n) is 2.74. The zero-order chi connectivity index (χ0) is 10.6. The fourth-order valence-electron chi connectivity index (χ4n) is 1.00. The summed E-state index contributed by atoms with van der Waals surface area (Å²) in [5.41, 5.74) is 6.17. The van der Waals surface area contributed by atoms with Crippen molar-refractivity contribution in [3.05, 3.63) is 22.4 Å². The van der Waals surface area contributed by atoms with Gasteiger partial charge in [0.05, 0.1) is 12.6 Å². The van der Waals surface area contributed by atoms with Crippen LogP contribution >= 0.6 is 23.7 Å². The Morgan fingerprint density at radius 3 is 2.87 bits per heavy atom. The van der Waals surface area contributed by atoms with Gasteiger partial charge in [-0.1, -0.05) is 0 Å². The van der Waals surface area contributed by atoms with E-state index in [0.29, 0.717) is 5.56 Å². The zero-order valence-corrected chi connectivity index (χ0v) is 9.82. The minimum Gasteiger partial charge on any atom is -0.464 e. The van der Waals surface area contributed by atoms with Gasteiger partial charge in [-0.25, -0.2) is 9.18 Å². The molecule has 0 aromatic carbocycles. The Balaban J connectivity index is 0.00000196. The van der Waals surface area contributed by atoms with E-state index in [-0.39, 0.29) is 19.0 Å². The summed E-state index contributed by atoms with van der Waals surface area (Å²) >= 11 is 1.41. The number of carbonyl (C=O) groups is 1. The van der Waals surface area contributed by atoms with Crippen molar-refractivity contribution >= 4 is 29.7 Å². The molecule has 6 heteroatoms. The van der Waals surface area contributed by atoms with E-state index in [9.17, 15) is 9.18 Å². The molecule has 0 amide bonds. The highest BCUT2D eigenvalue weighted by Gasteiger charge is 2.27. The van der Waals surface area contributed by atoms with Crippen molar-refractivity contribution in [3.63, 3.8) is 0 Å². The number of halogens is 2. The fourth-order valence-corrected chi connectivity index (χ4v) is 1.71. The Morgan fingerprint density at radius 2 is 2.40 bits per heavy atom. The summed E-state index contributed by atoms with van der Waals surface area (Å²) < 4.78 is 17.9. The normalized spacial score (nSPS) is 13.8. The molecule has 0 saturated carbocycles. The van der Waals surface area contributed by atoms with Crippen molar-refractivity contribution in [2.75, 3.05) is 6.61 Å². The molecule has 1 unspecified atom stereocenters. The number of carbonyl (C=O) groups excluding carboxylic acids is 1. The molecule has 0 spiro atoms. The van der Waals surface area contributed by atoms with Gasteiger partial charge in [-0.2, -0.15) is 11.3 Å². The molecule has 1 rings (SSSR count). The monoisotopic (exact) mass is 253 g/mol. The van der Waals surface area contributed by atoms with Gasteiger partial charge in [-0.15, -0.1) is 12.4 Å². The van der Waals surface area contributed by atoms with Crippen molar-refractivity contribution in [2.45, 2.75) is 19.1 Å². The number of nitrogens with two attached hydrogens (primary N) is 1. The maximum atomic E-state index is 13.3. The van der Waals surface area contributed by atoms with Crippen molar-refractivity contribution in [3.8, 4) is 0 Å². The van der Waals surface area contributed by atoms with Crippen molar-refractivity contribution < 1.29 is 13.9 Å². The van der Waals surface area contributed by atoms with E-state index < -0.39 is 18.2 Å². The van der Waals surface area contributed by atoms with Crippen LogP contribution in [0.1, 0.15) is 18.5 Å². The van der Waals surface area contributed by atoms with Crippen LogP contribution in [0.4, 0.5) is 4.39 Å². The van der Waals surface area contributed by atoms with E-state index in [1.165, 1.54) is 11.3 Å². The van der Waals surface area contributed by atoms with Gasteiger partial charge in [0.25, 0.3) is 0 Å². The Kier molecular flexibility index (Phi) is 6.47. The SMILES string of the molecule is CCOC(=O)C(F)[C@@H](N)c1ccsc1.Cl. The topological polar surface area (TPSA) is 52.3 Å². The number of thiophene rings is 1. The van der Waals surface area contributed by atoms with Crippen molar-refractivity contribution in [1.29, 1.82) is 0 Å². The molecule has 0 saturated heterocycles. The van der Waals surface area contributed by atoms with Gasteiger partial charge in [0.2, 0.25) is 6.17 Å². The molecule has 0 aliphatic rings. The smallest absolute Gasteiger partial charge is 0.342 e. The maximum Gasteiger partial charge on any atom is 0.342 e. The van der Waals surface area contributed by atoms with Crippen molar-refractivity contribution in [2.24, 2.45) is 5.73 Å². The molecule has 0 fully saturated rings. The summed E-state index contributed by atoms with van der Waals surface area (Å²) in [6, 6.07) is 0.765. The summed E-state index contributed by atoms with van der Waals surface area (Å²) in [5, 5.41) is 3.50. The molecular weight excluding hydrogens is 241 g/mol. The largest absolute Gasteiger partial charge is 0.464 e. The van der Waals surface area contributed by atoms with Gasteiger partial charge in [-0.05, 0) is 29.3 Å². The Bertz CT molecular complexity index is 294. The first kappa shape index (κ1) is 14.3. The van der Waals surface area contributed by atoms with Crippen LogP contribution in [-0.4, -0.2) is 18.7 Å². The van der Waals surface area contributed by atoms with Gasteiger partial charge in [-0.3, -0.25) is 0 Å². The van der Waals surface area contributed by atoms with Crippen LogP contribution in [0.15, 0.2) is 16.8 Å². The van der Waals surface area contributed by atoms with Crippen LogP contribution in [0, 0.1) is 0 Å². The molecule has 0 aliphatic heterocycles. The molecule has 0 radical (unpaired) electrons. The third-order valence-electron chi connectivity index (χ3n) is 1.76. The van der Waals surface area contributed by atoms with Crippen LogP contribution in [0.3, 0.4) is 0 Å². The van der Waals surface area contributed by atoms with Gasteiger partial charge in [0.15, 0.2) is 0 Å². The Labute approximate surface area is 97.8 Å². The molecule has 86 valence electrons. The number of alkyl halides is 1. The van der Waals surface area contributed by atoms with E-state index in [1.807, 2.05) is 0 Å². The van der Waals surface area contributed by atoms with Crippen molar-refractivity contribution in [1.82, 2.24) is 0 Å². The van der Waals surface area contributed by atoms with E-state index >= 15 is 0 Å². The third-order valence-corrected chi connectivity index (χ3v) is 2.46. The zero-order valence-electron chi connectivity index (χ0n) is 8.18. The third kappa shape index (κ3) is 3.77. The lowest BCUT2D eigenvalue weighted by molar-refractivity contribution is -0.149. The Hall–Kier alpha value is -0.650. The van der Waals surface area contributed by atoms with Crippen LogP contribution in [0.2, 0.25) is 0 Å². The number of esters is 1. The molecular formula is C9H13ClFNO2S. The number of hydrogen-bond acceptors (Lipinski definition) is 4. The van der Waals surface area contributed by atoms with Crippen LogP contribution < -0.4 is 5.73 Å². The first-order valence-electron chi connectivity index (χ1n) is 4.25. The molecule has 1 aromatic heterocycles. The average Bonchev–Trinajstić information content (AvgIpc) is 2.68. The quantitative estimate of drug-likeness (QED) is 0.836. The maximum absolute atomic E-state index is 13.3. The number of ether oxygens (including phenoxy) is 1. The average molecular weight is 254 g/mol. The second kappa shape index (κ2) is 6.76. The molecule has 0 bridgehead atoms. The van der Waals surface area contributed by atoms with E-state index in [1.54, 1.807) is 23.8 Å². The minimum atomic E-state index is -1.79. The van der Waals surface area contributed by atoms with E-state index in [0.717, 1.165) is 0 Å². The molecule has 0 aliphatic carbocycles. The summed E-state index contributed by atoms with van der Waals surface area (Å²) in [6.07, 6.45) is -1.79. The molecule has 3 nitrogen and oxygen atoms in total. The number of rotatable bonds is 4. The van der Waals surface area contributed by atoms with Gasteiger partial charge >= 0.3 is 5.97 Å². The summed E-state index contributed by atoms with van der Waals surface area (Å²) in [7, 11) is 0. The highest BCUT2D eigenvalue weighted by Crippen LogP contribution is 2.20. The highest BCUT2D eigenvalue weighted by molar-refractivity contribution is 7.07. The molecule has 1 aromatic rings. The molecule has 2 N–H and O–H groups in total. The van der Waals surface area contributed by atoms with Gasteiger partial charge in [0, 0.05) is 0 Å². The predicted molar refractivity (Wildman–Crippen MR) is 60.0 cm³/mol. The minimum absolute atomic E-state index is 0. The van der Waals surface area contributed by atoms with E-state index in [2.05, 4.69) is 4.74 Å².